The van der Waals surface area contributed by atoms with Gasteiger partial charge in [-0.3, -0.25) is 4.79 Å². The van der Waals surface area contributed by atoms with Crippen molar-refractivity contribution >= 4 is 17.6 Å². The first-order valence-corrected chi connectivity index (χ1v) is 4.86. The van der Waals surface area contributed by atoms with Crippen molar-refractivity contribution in [1.82, 2.24) is 9.97 Å². The lowest BCUT2D eigenvalue weighted by Gasteiger charge is -2.10. The van der Waals surface area contributed by atoms with Crippen LogP contribution in [0.15, 0.2) is 6.33 Å². The summed E-state index contributed by atoms with van der Waals surface area (Å²) in [6.45, 7) is 3.97. The Morgan fingerprint density at radius 1 is 1.50 bits per heavy atom. The molecular weight excluding hydrogens is 210 g/mol. The third-order valence-electron chi connectivity index (χ3n) is 1.93. The number of esters is 1. The second kappa shape index (κ2) is 5.86. The monoisotopic (exact) mass is 225 g/mol. The summed E-state index contributed by atoms with van der Waals surface area (Å²) in [5, 5.41) is 2.85. The SMILES string of the molecule is CCOC(=O)CNc1ncnc(NN)c1C. The smallest absolute Gasteiger partial charge is 0.325 e. The summed E-state index contributed by atoms with van der Waals surface area (Å²) >= 11 is 0. The molecule has 0 amide bonds. The maximum absolute atomic E-state index is 11.1. The predicted molar refractivity (Wildman–Crippen MR) is 59.7 cm³/mol. The number of nitrogen functional groups attached to an aromatic ring is 1. The summed E-state index contributed by atoms with van der Waals surface area (Å²) in [6, 6.07) is 0. The van der Waals surface area contributed by atoms with E-state index in [0.29, 0.717) is 18.2 Å². The average molecular weight is 225 g/mol. The molecule has 0 saturated carbocycles. The van der Waals surface area contributed by atoms with Gasteiger partial charge >= 0.3 is 5.97 Å². The Morgan fingerprint density at radius 3 is 2.81 bits per heavy atom. The molecule has 0 unspecified atom stereocenters. The molecule has 1 aromatic rings. The van der Waals surface area contributed by atoms with Gasteiger partial charge < -0.3 is 15.5 Å². The number of ether oxygens (including phenoxy) is 1. The van der Waals surface area contributed by atoms with Gasteiger partial charge in [0.2, 0.25) is 0 Å². The molecule has 0 spiro atoms. The Morgan fingerprint density at radius 2 is 2.19 bits per heavy atom. The average Bonchev–Trinajstić information content (AvgIpc) is 2.28. The van der Waals surface area contributed by atoms with Crippen molar-refractivity contribution in [3.05, 3.63) is 11.9 Å². The Kier molecular flexibility index (Phi) is 4.46. The molecule has 0 radical (unpaired) electrons. The molecular formula is C9H15N5O2. The molecule has 7 heteroatoms. The van der Waals surface area contributed by atoms with Gasteiger partial charge in [0.1, 0.15) is 24.5 Å². The van der Waals surface area contributed by atoms with Crippen LogP contribution in [-0.2, 0) is 9.53 Å². The van der Waals surface area contributed by atoms with E-state index >= 15 is 0 Å². The zero-order valence-corrected chi connectivity index (χ0v) is 9.28. The van der Waals surface area contributed by atoms with Crippen LogP contribution in [0.4, 0.5) is 11.6 Å². The summed E-state index contributed by atoms with van der Waals surface area (Å²) in [4.78, 5) is 19.0. The van der Waals surface area contributed by atoms with Gasteiger partial charge in [0.25, 0.3) is 0 Å². The van der Waals surface area contributed by atoms with Crippen molar-refractivity contribution in [3.63, 3.8) is 0 Å². The topological polar surface area (TPSA) is 102 Å². The zero-order valence-electron chi connectivity index (χ0n) is 9.28. The third kappa shape index (κ3) is 3.06. The molecule has 4 N–H and O–H groups in total. The molecule has 7 nitrogen and oxygen atoms in total. The minimum atomic E-state index is -0.331. The van der Waals surface area contributed by atoms with Crippen molar-refractivity contribution in [1.29, 1.82) is 0 Å². The van der Waals surface area contributed by atoms with Crippen LogP contribution < -0.4 is 16.6 Å². The quantitative estimate of drug-likeness (QED) is 0.369. The van der Waals surface area contributed by atoms with Crippen LogP contribution in [-0.4, -0.2) is 29.1 Å². The van der Waals surface area contributed by atoms with Crippen LogP contribution in [0.2, 0.25) is 0 Å². The summed E-state index contributed by atoms with van der Waals surface area (Å²) in [7, 11) is 0. The van der Waals surface area contributed by atoms with Crippen LogP contribution in [0, 0.1) is 6.92 Å². The van der Waals surface area contributed by atoms with E-state index in [1.165, 1.54) is 6.33 Å². The third-order valence-corrected chi connectivity index (χ3v) is 1.93. The lowest BCUT2D eigenvalue weighted by atomic mass is 10.3. The second-order valence-electron chi connectivity index (χ2n) is 3.00. The molecule has 88 valence electrons. The van der Waals surface area contributed by atoms with E-state index in [0.717, 1.165) is 5.56 Å². The van der Waals surface area contributed by atoms with E-state index in [2.05, 4.69) is 20.7 Å². The Bertz CT molecular complexity index is 369. The fraction of sp³-hybridized carbons (Fsp3) is 0.444. The number of nitrogens with two attached hydrogens (primary N) is 1. The van der Waals surface area contributed by atoms with E-state index in [1.807, 2.05) is 0 Å². The van der Waals surface area contributed by atoms with Crippen molar-refractivity contribution in [2.24, 2.45) is 5.84 Å². The maximum atomic E-state index is 11.1. The number of hydrazine groups is 1. The van der Waals surface area contributed by atoms with Gasteiger partial charge in [-0.05, 0) is 13.8 Å². The molecule has 0 aliphatic heterocycles. The van der Waals surface area contributed by atoms with Gasteiger partial charge in [0, 0.05) is 5.56 Å². The van der Waals surface area contributed by atoms with E-state index in [-0.39, 0.29) is 12.5 Å². The van der Waals surface area contributed by atoms with Gasteiger partial charge in [-0.15, -0.1) is 0 Å². The van der Waals surface area contributed by atoms with Crippen LogP contribution in [0.5, 0.6) is 0 Å². The van der Waals surface area contributed by atoms with Crippen molar-refractivity contribution in [3.8, 4) is 0 Å². The summed E-state index contributed by atoms with van der Waals surface area (Å²) in [6.07, 6.45) is 1.36. The molecule has 0 aliphatic rings. The zero-order chi connectivity index (χ0) is 12.0. The first-order valence-electron chi connectivity index (χ1n) is 4.86. The van der Waals surface area contributed by atoms with Gasteiger partial charge in [-0.25, -0.2) is 15.8 Å². The van der Waals surface area contributed by atoms with Gasteiger partial charge in [0.15, 0.2) is 0 Å². The van der Waals surface area contributed by atoms with Gasteiger partial charge in [-0.1, -0.05) is 0 Å². The normalized spacial score (nSPS) is 9.69. The molecule has 1 aromatic heterocycles. The molecule has 16 heavy (non-hydrogen) atoms. The molecule has 0 saturated heterocycles. The molecule has 0 aromatic carbocycles. The van der Waals surface area contributed by atoms with E-state index in [9.17, 15) is 4.79 Å². The lowest BCUT2D eigenvalue weighted by Crippen LogP contribution is -2.19. The van der Waals surface area contributed by atoms with Crippen LogP contribution in [0.25, 0.3) is 0 Å². The number of hydrogen-bond acceptors (Lipinski definition) is 7. The fourth-order valence-corrected chi connectivity index (χ4v) is 1.14. The first kappa shape index (κ1) is 12.2. The van der Waals surface area contributed by atoms with Crippen molar-refractivity contribution < 1.29 is 9.53 Å². The highest BCUT2D eigenvalue weighted by molar-refractivity contribution is 5.75. The number of nitrogens with one attached hydrogen (secondary N) is 2. The van der Waals surface area contributed by atoms with Crippen molar-refractivity contribution in [2.45, 2.75) is 13.8 Å². The number of anilines is 2. The number of carbonyl (C=O) groups is 1. The lowest BCUT2D eigenvalue weighted by molar-refractivity contribution is -0.140. The van der Waals surface area contributed by atoms with E-state index in [1.54, 1.807) is 13.8 Å². The molecule has 0 aliphatic carbocycles. The van der Waals surface area contributed by atoms with Gasteiger partial charge in [-0.2, -0.15) is 0 Å². The Labute approximate surface area is 93.4 Å². The minimum Gasteiger partial charge on any atom is -0.465 e. The second-order valence-corrected chi connectivity index (χ2v) is 3.00. The Hall–Kier alpha value is -1.89. The standard InChI is InChI=1S/C9H15N5O2/c1-3-16-7(15)4-11-8-6(2)9(14-10)13-5-12-8/h5H,3-4,10H2,1-2H3,(H2,11,12,13,14). The molecule has 1 rings (SSSR count). The summed E-state index contributed by atoms with van der Waals surface area (Å²) < 4.78 is 4.77. The largest absolute Gasteiger partial charge is 0.465 e. The van der Waals surface area contributed by atoms with E-state index < -0.39 is 0 Å². The molecule has 0 bridgehead atoms. The number of carbonyl (C=O) groups excluding carboxylic acids is 1. The van der Waals surface area contributed by atoms with E-state index in [4.69, 9.17) is 10.6 Å². The molecule has 0 fully saturated rings. The predicted octanol–water partition coefficient (Wildman–Crippen LogP) is 0.0456. The highest BCUT2D eigenvalue weighted by Crippen LogP contribution is 2.16. The highest BCUT2D eigenvalue weighted by Gasteiger charge is 2.07. The van der Waals surface area contributed by atoms with Crippen molar-refractivity contribution in [2.75, 3.05) is 23.9 Å². The molecule has 0 atom stereocenters. The Balaban J connectivity index is 2.63. The minimum absolute atomic E-state index is 0.0652. The first-order chi connectivity index (χ1) is 7.69. The van der Waals surface area contributed by atoms with Crippen LogP contribution in [0.1, 0.15) is 12.5 Å². The fourth-order valence-electron chi connectivity index (χ4n) is 1.14. The molecule has 1 heterocycles. The maximum Gasteiger partial charge on any atom is 0.325 e. The van der Waals surface area contributed by atoms with Crippen LogP contribution >= 0.6 is 0 Å². The number of nitrogens with zero attached hydrogens (tertiary/aromatic N) is 2. The number of aromatic nitrogens is 2. The highest BCUT2D eigenvalue weighted by atomic mass is 16.5. The van der Waals surface area contributed by atoms with Gasteiger partial charge in [0.05, 0.1) is 6.61 Å². The number of rotatable bonds is 5. The summed E-state index contributed by atoms with van der Waals surface area (Å²) in [5.74, 6) is 6.00. The van der Waals surface area contributed by atoms with Crippen LogP contribution in [0.3, 0.4) is 0 Å². The number of hydrogen-bond donors (Lipinski definition) is 3. The summed E-state index contributed by atoms with van der Waals surface area (Å²) in [5.41, 5.74) is 3.19.